The van der Waals surface area contributed by atoms with Gasteiger partial charge in [-0.05, 0) is 50.3 Å². The number of hydrogen-bond donors (Lipinski definition) is 1. The second-order valence-corrected chi connectivity index (χ2v) is 9.30. The first-order valence-electron chi connectivity index (χ1n) is 10.9. The molecule has 0 saturated carbocycles. The van der Waals surface area contributed by atoms with Crippen molar-refractivity contribution in [3.8, 4) is 17.0 Å². The van der Waals surface area contributed by atoms with Crippen LogP contribution in [-0.2, 0) is 24.8 Å². The number of nitrogens with two attached hydrogens (primary N) is 1. The Morgan fingerprint density at radius 1 is 1.24 bits per heavy atom. The van der Waals surface area contributed by atoms with Crippen LogP contribution in [0.1, 0.15) is 31.2 Å². The van der Waals surface area contributed by atoms with E-state index in [1.165, 1.54) is 0 Å². The summed E-state index contributed by atoms with van der Waals surface area (Å²) < 4.78 is 10.0. The molecule has 0 saturated heterocycles. The van der Waals surface area contributed by atoms with Gasteiger partial charge in [0.25, 0.3) is 6.47 Å². The van der Waals surface area contributed by atoms with Gasteiger partial charge in [0.2, 0.25) is 5.95 Å². The van der Waals surface area contributed by atoms with Gasteiger partial charge in [-0.15, -0.1) is 0 Å². The number of aromatic nitrogens is 5. The largest absolute Gasteiger partial charge is 0.429 e. The monoisotopic (exact) mass is 510 g/mol. The summed E-state index contributed by atoms with van der Waals surface area (Å²) in [6.45, 7) is 5.35. The molecule has 4 rings (SSSR count). The lowest BCUT2D eigenvalue weighted by molar-refractivity contribution is -0.120. The van der Waals surface area contributed by atoms with Gasteiger partial charge in [-0.25, -0.2) is 4.98 Å². The Labute approximate surface area is 200 Å². The number of anilines is 1. The normalized spacial score (nSPS) is 12.2. The summed E-state index contributed by atoms with van der Waals surface area (Å²) >= 11 is 3.54. The third-order valence-electron chi connectivity index (χ3n) is 5.79. The standard InChI is InChI=1S/C24H27BrN6O2/c1-15(13-31-23-10-17(25)7-8-20(23)29-24(31)26)5-4-6-22-19(12-27-30(22)3)21-11-18(33-14-32)9-16(2)28-21/h7-12,14-15H,4-6,13H2,1-3H3,(H2,26,29)/t15-/m1/s1. The van der Waals surface area contributed by atoms with Crippen molar-refractivity contribution >= 4 is 39.4 Å². The van der Waals surface area contributed by atoms with Gasteiger partial charge in [0.05, 0.1) is 22.9 Å². The van der Waals surface area contributed by atoms with E-state index >= 15 is 0 Å². The summed E-state index contributed by atoms with van der Waals surface area (Å²) in [6, 6.07) is 9.52. The van der Waals surface area contributed by atoms with E-state index in [1.807, 2.05) is 37.0 Å². The van der Waals surface area contributed by atoms with Crippen LogP contribution in [0, 0.1) is 12.8 Å². The zero-order valence-corrected chi connectivity index (χ0v) is 20.5. The Kier molecular flexibility index (Phi) is 6.78. The van der Waals surface area contributed by atoms with Gasteiger partial charge < -0.3 is 15.0 Å². The molecule has 33 heavy (non-hydrogen) atoms. The van der Waals surface area contributed by atoms with Gasteiger partial charge in [0.1, 0.15) is 5.75 Å². The Morgan fingerprint density at radius 2 is 2.06 bits per heavy atom. The van der Waals surface area contributed by atoms with E-state index in [4.69, 9.17) is 10.5 Å². The third-order valence-corrected chi connectivity index (χ3v) is 6.29. The fourth-order valence-electron chi connectivity index (χ4n) is 4.20. The molecule has 2 N–H and O–H groups in total. The lowest BCUT2D eigenvalue weighted by atomic mass is 10.0. The summed E-state index contributed by atoms with van der Waals surface area (Å²) in [7, 11) is 1.94. The molecule has 0 bridgehead atoms. The second-order valence-electron chi connectivity index (χ2n) is 8.38. The van der Waals surface area contributed by atoms with Crippen molar-refractivity contribution in [2.45, 2.75) is 39.7 Å². The van der Waals surface area contributed by atoms with Crippen LogP contribution in [0.25, 0.3) is 22.3 Å². The smallest absolute Gasteiger partial charge is 0.298 e. The van der Waals surface area contributed by atoms with Crippen molar-refractivity contribution in [1.82, 2.24) is 24.3 Å². The molecular weight excluding hydrogens is 484 g/mol. The molecule has 3 heterocycles. The molecule has 1 atom stereocenters. The number of imidazole rings is 1. The van der Waals surface area contributed by atoms with Crippen LogP contribution in [-0.4, -0.2) is 30.8 Å². The van der Waals surface area contributed by atoms with Crippen LogP contribution in [0.2, 0.25) is 0 Å². The highest BCUT2D eigenvalue weighted by molar-refractivity contribution is 9.10. The second kappa shape index (κ2) is 9.74. The van der Waals surface area contributed by atoms with Crippen molar-refractivity contribution in [2.75, 3.05) is 5.73 Å². The summed E-state index contributed by atoms with van der Waals surface area (Å²) in [5.41, 5.74) is 11.7. The number of nitrogen functional groups attached to an aromatic ring is 1. The molecule has 0 amide bonds. The molecule has 0 aliphatic heterocycles. The van der Waals surface area contributed by atoms with E-state index in [0.29, 0.717) is 24.1 Å². The highest BCUT2D eigenvalue weighted by atomic mass is 79.9. The van der Waals surface area contributed by atoms with E-state index in [9.17, 15) is 4.79 Å². The fraction of sp³-hybridized carbons (Fsp3) is 0.333. The van der Waals surface area contributed by atoms with Crippen LogP contribution in [0.4, 0.5) is 5.95 Å². The Balaban J connectivity index is 1.45. The van der Waals surface area contributed by atoms with Crippen molar-refractivity contribution in [3.05, 3.63) is 52.4 Å². The summed E-state index contributed by atoms with van der Waals surface area (Å²) in [5.74, 6) is 1.44. The number of hydrogen-bond acceptors (Lipinski definition) is 6. The van der Waals surface area contributed by atoms with Gasteiger partial charge in [0, 0.05) is 47.1 Å². The Morgan fingerprint density at radius 3 is 2.85 bits per heavy atom. The first kappa shape index (κ1) is 23.0. The molecule has 3 aromatic heterocycles. The first-order valence-corrected chi connectivity index (χ1v) is 11.7. The summed E-state index contributed by atoms with van der Waals surface area (Å²) in [6.07, 6.45) is 4.70. The highest BCUT2D eigenvalue weighted by Crippen LogP contribution is 2.28. The van der Waals surface area contributed by atoms with Crippen LogP contribution < -0.4 is 10.5 Å². The summed E-state index contributed by atoms with van der Waals surface area (Å²) in [5, 5.41) is 4.44. The van der Waals surface area contributed by atoms with E-state index in [-0.39, 0.29) is 0 Å². The predicted octanol–water partition coefficient (Wildman–Crippen LogP) is 4.68. The fourth-order valence-corrected chi connectivity index (χ4v) is 4.55. The Bertz CT molecular complexity index is 1300. The minimum atomic E-state index is 0.421. The van der Waals surface area contributed by atoms with Gasteiger partial charge in [-0.3, -0.25) is 14.5 Å². The minimum absolute atomic E-state index is 0.421. The SMILES string of the molecule is Cc1cc(OC=O)cc(-c2cnn(C)c2CCC[C@@H](C)Cn2c(N)nc3ccc(Br)cc32)n1. The number of nitrogens with zero attached hydrogens (tertiary/aromatic N) is 5. The maximum absolute atomic E-state index is 10.8. The number of benzene rings is 1. The number of carbonyl (C=O) groups is 1. The van der Waals surface area contributed by atoms with Gasteiger partial charge >= 0.3 is 0 Å². The third kappa shape index (κ3) is 5.08. The van der Waals surface area contributed by atoms with Crippen LogP contribution in [0.3, 0.4) is 0 Å². The number of pyridine rings is 1. The van der Waals surface area contributed by atoms with Crippen LogP contribution >= 0.6 is 15.9 Å². The molecule has 0 spiro atoms. The maximum atomic E-state index is 10.8. The quantitative estimate of drug-likeness (QED) is 0.328. The number of halogens is 1. The predicted molar refractivity (Wildman–Crippen MR) is 132 cm³/mol. The average molecular weight is 511 g/mol. The van der Waals surface area contributed by atoms with Gasteiger partial charge in [-0.2, -0.15) is 5.10 Å². The number of ether oxygens (including phenoxy) is 1. The number of rotatable bonds is 9. The van der Waals surface area contributed by atoms with Gasteiger partial charge in [0.15, 0.2) is 0 Å². The summed E-state index contributed by atoms with van der Waals surface area (Å²) in [4.78, 5) is 19.9. The molecular formula is C24H27BrN6O2. The lowest BCUT2D eigenvalue weighted by Gasteiger charge is -2.15. The van der Waals surface area contributed by atoms with E-state index in [0.717, 1.165) is 64.0 Å². The lowest BCUT2D eigenvalue weighted by Crippen LogP contribution is -2.11. The molecule has 0 aliphatic rings. The van der Waals surface area contributed by atoms with E-state index < -0.39 is 0 Å². The molecule has 0 fully saturated rings. The molecule has 0 aliphatic carbocycles. The highest BCUT2D eigenvalue weighted by Gasteiger charge is 2.16. The number of aryl methyl sites for hydroxylation is 2. The van der Waals surface area contributed by atoms with Crippen molar-refractivity contribution in [2.24, 2.45) is 13.0 Å². The van der Waals surface area contributed by atoms with Crippen molar-refractivity contribution in [1.29, 1.82) is 0 Å². The van der Waals surface area contributed by atoms with Gasteiger partial charge in [-0.1, -0.05) is 22.9 Å². The maximum Gasteiger partial charge on any atom is 0.298 e. The van der Waals surface area contributed by atoms with Crippen molar-refractivity contribution < 1.29 is 9.53 Å². The zero-order valence-electron chi connectivity index (χ0n) is 19.0. The van der Waals surface area contributed by atoms with E-state index in [1.54, 1.807) is 12.1 Å². The molecule has 1 aromatic carbocycles. The molecule has 8 nitrogen and oxygen atoms in total. The zero-order chi connectivity index (χ0) is 23.5. The first-order chi connectivity index (χ1) is 15.9. The van der Waals surface area contributed by atoms with Crippen LogP contribution in [0.5, 0.6) is 5.75 Å². The minimum Gasteiger partial charge on any atom is -0.429 e. The number of carbonyl (C=O) groups excluding carboxylic acids is 1. The van der Waals surface area contributed by atoms with Crippen molar-refractivity contribution in [3.63, 3.8) is 0 Å². The average Bonchev–Trinajstić information content (AvgIpc) is 3.27. The molecule has 0 radical (unpaired) electrons. The number of fused-ring (bicyclic) bond motifs is 1. The molecule has 4 aromatic rings. The topological polar surface area (TPSA) is 101 Å². The Hall–Kier alpha value is -3.20. The molecule has 9 heteroatoms. The molecule has 172 valence electrons. The van der Waals surface area contributed by atoms with Crippen LogP contribution in [0.15, 0.2) is 41.0 Å². The molecule has 0 unspecified atom stereocenters. The van der Waals surface area contributed by atoms with E-state index in [2.05, 4.69) is 48.6 Å².